The molecule has 31 heavy (non-hydrogen) atoms. The number of aliphatic hydroxyl groups excluding tert-OH is 2. The van der Waals surface area contributed by atoms with Crippen molar-refractivity contribution in [3.05, 3.63) is 27.6 Å². The molecule has 12 heteroatoms. The number of nitrogen functional groups attached to an aromatic ring is 1. The van der Waals surface area contributed by atoms with Crippen molar-refractivity contribution in [2.75, 3.05) is 45.2 Å². The molecule has 168 valence electrons. The van der Waals surface area contributed by atoms with Gasteiger partial charge in [-0.05, 0) is 24.6 Å². The van der Waals surface area contributed by atoms with Gasteiger partial charge in [0, 0.05) is 25.0 Å². The molecule has 0 saturated carbocycles. The van der Waals surface area contributed by atoms with Crippen LogP contribution in [0.2, 0.25) is 5.02 Å². The van der Waals surface area contributed by atoms with Gasteiger partial charge in [-0.1, -0.05) is 11.6 Å². The second kappa shape index (κ2) is 9.37. The standard InChI is InChI=1S/C19H23ClN4O6S/c1-10-11-13(21)14(17(27)30-19(2-3-19)18(22)28)31-16(11)23-15(12(10)20)29-9-6-24(4-7-25)5-8-26/h2-3,25-26H,4-9,21H2,1H3,(H2,22,28). The van der Waals surface area contributed by atoms with Crippen LogP contribution in [-0.2, 0) is 9.53 Å². The number of halogens is 1. The summed E-state index contributed by atoms with van der Waals surface area (Å²) < 4.78 is 10.9. The third-order valence-corrected chi connectivity index (χ3v) is 6.33. The van der Waals surface area contributed by atoms with Crippen LogP contribution < -0.4 is 16.2 Å². The number of ether oxygens (including phenoxy) is 2. The summed E-state index contributed by atoms with van der Waals surface area (Å²) in [6.45, 7) is 3.13. The molecule has 6 N–H and O–H groups in total. The molecule has 0 spiro atoms. The van der Waals surface area contributed by atoms with E-state index >= 15 is 0 Å². The highest BCUT2D eigenvalue weighted by Crippen LogP contribution is 2.42. The van der Waals surface area contributed by atoms with Gasteiger partial charge >= 0.3 is 5.97 Å². The summed E-state index contributed by atoms with van der Waals surface area (Å²) >= 11 is 7.41. The van der Waals surface area contributed by atoms with Gasteiger partial charge in [-0.3, -0.25) is 9.69 Å². The number of hydrogen-bond donors (Lipinski definition) is 4. The van der Waals surface area contributed by atoms with E-state index in [2.05, 4.69) is 4.98 Å². The molecule has 2 aromatic heterocycles. The monoisotopic (exact) mass is 470 g/mol. The molecule has 2 aromatic rings. The third kappa shape index (κ3) is 4.75. The van der Waals surface area contributed by atoms with Gasteiger partial charge in [-0.15, -0.1) is 11.3 Å². The lowest BCUT2D eigenvalue weighted by Gasteiger charge is -2.20. The molecular weight excluding hydrogens is 448 g/mol. The number of thiophene rings is 1. The third-order valence-electron chi connectivity index (χ3n) is 4.80. The van der Waals surface area contributed by atoms with Gasteiger partial charge in [0.05, 0.1) is 18.9 Å². The number of amides is 1. The second-order valence-corrected chi connectivity index (χ2v) is 8.28. The number of aromatic nitrogens is 1. The number of nitrogens with zero attached hydrogens (tertiary/aromatic N) is 2. The molecule has 10 nitrogen and oxygen atoms in total. The highest BCUT2D eigenvalue weighted by molar-refractivity contribution is 7.21. The number of carbonyl (C=O) groups is 2. The molecular formula is C19H23ClN4O6S. The van der Waals surface area contributed by atoms with Crippen LogP contribution in [0.5, 0.6) is 5.88 Å². The van der Waals surface area contributed by atoms with Gasteiger partial charge in [-0.2, -0.15) is 0 Å². The minimum atomic E-state index is -1.50. The van der Waals surface area contributed by atoms with E-state index in [-0.39, 0.29) is 41.3 Å². The summed E-state index contributed by atoms with van der Waals surface area (Å²) in [6, 6.07) is 0. The van der Waals surface area contributed by atoms with E-state index in [1.807, 2.05) is 4.90 Å². The fourth-order valence-corrected chi connectivity index (χ4v) is 4.19. The molecule has 2 heterocycles. The number of fused-ring (bicyclic) bond motifs is 1. The first kappa shape index (κ1) is 23.2. The fraction of sp³-hybridized carbons (Fsp3) is 0.421. The normalized spacial score (nSPS) is 14.2. The number of hydrogen-bond acceptors (Lipinski definition) is 10. The molecule has 0 bridgehead atoms. The van der Waals surface area contributed by atoms with Gasteiger partial charge in [0.1, 0.15) is 21.3 Å². The summed E-state index contributed by atoms with van der Waals surface area (Å²) in [7, 11) is 0. The first-order valence-electron chi connectivity index (χ1n) is 9.42. The number of carbonyl (C=O) groups excluding carboxylic acids is 2. The van der Waals surface area contributed by atoms with E-state index in [0.717, 1.165) is 11.3 Å². The average molecular weight is 471 g/mol. The van der Waals surface area contributed by atoms with Crippen molar-refractivity contribution in [2.24, 2.45) is 5.73 Å². The Bertz CT molecular complexity index is 1030. The van der Waals surface area contributed by atoms with E-state index in [0.29, 0.717) is 35.4 Å². The average Bonchev–Trinajstić information content (AvgIpc) is 3.42. The van der Waals surface area contributed by atoms with Crippen LogP contribution in [0.15, 0.2) is 12.2 Å². The largest absolute Gasteiger partial charge is 0.475 e. The van der Waals surface area contributed by atoms with Crippen molar-refractivity contribution >= 4 is 50.7 Å². The zero-order valence-electron chi connectivity index (χ0n) is 16.8. The predicted molar refractivity (Wildman–Crippen MR) is 116 cm³/mol. The van der Waals surface area contributed by atoms with Crippen LogP contribution in [0.3, 0.4) is 0 Å². The Morgan fingerprint density at radius 1 is 1.26 bits per heavy atom. The van der Waals surface area contributed by atoms with Crippen LogP contribution in [0.1, 0.15) is 15.2 Å². The topological polar surface area (TPSA) is 161 Å². The van der Waals surface area contributed by atoms with Gasteiger partial charge in [-0.25, -0.2) is 9.78 Å². The SMILES string of the molecule is Cc1c(Cl)c(OCCN(CCO)CCO)nc2sc(C(=O)OC3(C(N)=O)C=C3)c(N)c12. The lowest BCUT2D eigenvalue weighted by molar-refractivity contribution is -0.127. The number of aliphatic hydroxyl groups is 2. The van der Waals surface area contributed by atoms with Crippen LogP contribution in [-0.4, -0.2) is 77.0 Å². The highest BCUT2D eigenvalue weighted by atomic mass is 35.5. The summed E-state index contributed by atoms with van der Waals surface area (Å²) in [5.41, 5.74) is 10.7. The lowest BCUT2D eigenvalue weighted by Crippen LogP contribution is -2.36. The smallest absolute Gasteiger partial charge is 0.352 e. The van der Waals surface area contributed by atoms with E-state index < -0.39 is 17.5 Å². The molecule has 0 fully saturated rings. The van der Waals surface area contributed by atoms with Gasteiger partial charge < -0.3 is 31.2 Å². The van der Waals surface area contributed by atoms with E-state index in [1.165, 1.54) is 12.2 Å². The zero-order valence-corrected chi connectivity index (χ0v) is 18.3. The molecule has 1 amide bonds. The number of esters is 1. The van der Waals surface area contributed by atoms with E-state index in [1.54, 1.807) is 6.92 Å². The molecule has 0 atom stereocenters. The predicted octanol–water partition coefficient (Wildman–Crippen LogP) is 0.456. The maximum atomic E-state index is 12.6. The number of anilines is 1. The van der Waals surface area contributed by atoms with Crippen molar-refractivity contribution < 1.29 is 29.3 Å². The second-order valence-electron chi connectivity index (χ2n) is 6.90. The Morgan fingerprint density at radius 2 is 1.90 bits per heavy atom. The van der Waals surface area contributed by atoms with Crippen molar-refractivity contribution in [1.82, 2.24) is 9.88 Å². The quantitative estimate of drug-likeness (QED) is 0.270. The van der Waals surface area contributed by atoms with Crippen LogP contribution in [0, 0.1) is 6.92 Å². The van der Waals surface area contributed by atoms with Gasteiger partial charge in [0.15, 0.2) is 0 Å². The van der Waals surface area contributed by atoms with Crippen molar-refractivity contribution in [1.29, 1.82) is 0 Å². The Kier molecular flexibility index (Phi) is 7.02. The summed E-state index contributed by atoms with van der Waals surface area (Å²) in [6.07, 6.45) is 2.78. The van der Waals surface area contributed by atoms with Crippen molar-refractivity contribution in [3.63, 3.8) is 0 Å². The van der Waals surface area contributed by atoms with Crippen LogP contribution >= 0.6 is 22.9 Å². The Balaban J connectivity index is 1.80. The molecule has 1 aliphatic rings. The minimum absolute atomic E-state index is 0.0377. The number of rotatable bonds is 11. The summed E-state index contributed by atoms with van der Waals surface area (Å²) in [5, 5.41) is 18.9. The highest BCUT2D eigenvalue weighted by Gasteiger charge is 2.45. The number of primary amides is 1. The van der Waals surface area contributed by atoms with Crippen LogP contribution in [0.25, 0.3) is 10.2 Å². The van der Waals surface area contributed by atoms with Gasteiger partial charge in [0.2, 0.25) is 11.5 Å². The maximum absolute atomic E-state index is 12.6. The Hall–Kier alpha value is -2.44. The molecule has 0 unspecified atom stereocenters. The van der Waals surface area contributed by atoms with Crippen molar-refractivity contribution in [2.45, 2.75) is 12.5 Å². The molecule has 0 radical (unpaired) electrons. The Morgan fingerprint density at radius 3 is 2.45 bits per heavy atom. The fourth-order valence-electron chi connectivity index (χ4n) is 2.98. The molecule has 0 aromatic carbocycles. The minimum Gasteiger partial charge on any atom is -0.475 e. The lowest BCUT2D eigenvalue weighted by atomic mass is 10.1. The first-order valence-corrected chi connectivity index (χ1v) is 10.6. The van der Waals surface area contributed by atoms with Gasteiger partial charge in [0.25, 0.3) is 5.91 Å². The first-order chi connectivity index (χ1) is 14.7. The van der Waals surface area contributed by atoms with E-state index in [4.69, 9.17) is 42.8 Å². The Labute approximate surface area is 187 Å². The van der Waals surface area contributed by atoms with E-state index in [9.17, 15) is 9.59 Å². The molecule has 1 aliphatic carbocycles. The zero-order chi connectivity index (χ0) is 22.8. The summed E-state index contributed by atoms with van der Waals surface area (Å²) in [5.74, 6) is -1.39. The van der Waals surface area contributed by atoms with Crippen molar-refractivity contribution in [3.8, 4) is 5.88 Å². The van der Waals surface area contributed by atoms with Crippen LogP contribution in [0.4, 0.5) is 5.69 Å². The maximum Gasteiger partial charge on any atom is 0.352 e. The summed E-state index contributed by atoms with van der Waals surface area (Å²) in [4.78, 5) is 30.8. The number of aryl methyl sites for hydroxylation is 1. The number of nitrogens with two attached hydrogens (primary N) is 2. The molecule has 3 rings (SSSR count). The number of pyridine rings is 1. The molecule has 0 aliphatic heterocycles. The molecule has 0 saturated heterocycles.